The summed E-state index contributed by atoms with van der Waals surface area (Å²) in [6.45, 7) is 0. The SMILES string of the molecule is COc1ccc(OC)c(Nc2cc(C#N)cc(Cl)n2)c1. The number of pyridine rings is 1. The first-order valence-corrected chi connectivity index (χ1v) is 6.11. The van der Waals surface area contributed by atoms with Crippen LogP contribution < -0.4 is 14.8 Å². The second kappa shape index (κ2) is 6.13. The van der Waals surface area contributed by atoms with Gasteiger partial charge in [-0.25, -0.2) is 4.98 Å². The molecular formula is C14H12ClN3O2. The number of nitrogens with zero attached hydrogens (tertiary/aromatic N) is 2. The number of aromatic nitrogens is 1. The van der Waals surface area contributed by atoms with Crippen LogP contribution in [0.3, 0.4) is 0 Å². The molecule has 0 saturated heterocycles. The van der Waals surface area contributed by atoms with Gasteiger partial charge in [-0.1, -0.05) is 11.6 Å². The third-order valence-corrected chi connectivity index (χ3v) is 2.79. The van der Waals surface area contributed by atoms with E-state index in [1.807, 2.05) is 6.07 Å². The second-order valence-electron chi connectivity index (χ2n) is 3.87. The van der Waals surface area contributed by atoms with Crippen molar-refractivity contribution < 1.29 is 9.47 Å². The first-order chi connectivity index (χ1) is 9.66. The molecule has 1 heterocycles. The molecule has 0 saturated carbocycles. The summed E-state index contributed by atoms with van der Waals surface area (Å²) >= 11 is 5.87. The van der Waals surface area contributed by atoms with Crippen molar-refractivity contribution in [3.8, 4) is 17.6 Å². The van der Waals surface area contributed by atoms with Crippen LogP contribution in [-0.4, -0.2) is 19.2 Å². The number of benzene rings is 1. The van der Waals surface area contributed by atoms with Crippen molar-refractivity contribution >= 4 is 23.1 Å². The van der Waals surface area contributed by atoms with Gasteiger partial charge in [0.1, 0.15) is 22.5 Å². The Balaban J connectivity index is 2.38. The van der Waals surface area contributed by atoms with Gasteiger partial charge in [-0.3, -0.25) is 0 Å². The predicted octanol–water partition coefficient (Wildman–Crippen LogP) is 3.37. The topological polar surface area (TPSA) is 67.2 Å². The summed E-state index contributed by atoms with van der Waals surface area (Å²) in [5.74, 6) is 1.77. The molecule has 0 aliphatic carbocycles. The molecule has 1 N–H and O–H groups in total. The molecule has 0 atom stereocenters. The molecule has 6 heteroatoms. The van der Waals surface area contributed by atoms with Gasteiger partial charge >= 0.3 is 0 Å². The van der Waals surface area contributed by atoms with Crippen molar-refractivity contribution in [2.24, 2.45) is 0 Å². The van der Waals surface area contributed by atoms with E-state index in [1.165, 1.54) is 6.07 Å². The monoisotopic (exact) mass is 289 g/mol. The Hall–Kier alpha value is -2.45. The molecule has 2 rings (SSSR count). The van der Waals surface area contributed by atoms with E-state index in [2.05, 4.69) is 10.3 Å². The zero-order valence-electron chi connectivity index (χ0n) is 11.0. The van der Waals surface area contributed by atoms with Crippen molar-refractivity contribution in [2.75, 3.05) is 19.5 Å². The fraction of sp³-hybridized carbons (Fsp3) is 0.143. The lowest BCUT2D eigenvalue weighted by atomic mass is 10.2. The third kappa shape index (κ3) is 3.11. The number of nitriles is 1. The summed E-state index contributed by atoms with van der Waals surface area (Å²) < 4.78 is 10.4. The van der Waals surface area contributed by atoms with E-state index in [0.29, 0.717) is 28.6 Å². The van der Waals surface area contributed by atoms with Crippen molar-refractivity contribution in [2.45, 2.75) is 0 Å². The van der Waals surface area contributed by atoms with Crippen molar-refractivity contribution in [1.29, 1.82) is 5.26 Å². The first kappa shape index (κ1) is 14.0. The molecular weight excluding hydrogens is 278 g/mol. The Labute approximate surface area is 121 Å². The minimum atomic E-state index is 0.244. The zero-order valence-corrected chi connectivity index (χ0v) is 11.7. The molecule has 0 bridgehead atoms. The highest BCUT2D eigenvalue weighted by Gasteiger charge is 2.07. The Kier molecular flexibility index (Phi) is 4.28. The highest BCUT2D eigenvalue weighted by molar-refractivity contribution is 6.29. The number of methoxy groups -OCH3 is 2. The van der Waals surface area contributed by atoms with Gasteiger partial charge in [-0.05, 0) is 24.3 Å². The van der Waals surface area contributed by atoms with Gasteiger partial charge in [-0.2, -0.15) is 5.26 Å². The van der Waals surface area contributed by atoms with Crippen LogP contribution in [0.4, 0.5) is 11.5 Å². The van der Waals surface area contributed by atoms with E-state index in [-0.39, 0.29) is 5.15 Å². The maximum atomic E-state index is 8.93. The van der Waals surface area contributed by atoms with Gasteiger partial charge < -0.3 is 14.8 Å². The number of nitrogens with one attached hydrogen (secondary N) is 1. The maximum Gasteiger partial charge on any atom is 0.142 e. The van der Waals surface area contributed by atoms with Gasteiger partial charge in [0.2, 0.25) is 0 Å². The molecule has 0 unspecified atom stereocenters. The minimum Gasteiger partial charge on any atom is -0.497 e. The van der Waals surface area contributed by atoms with Crippen LogP contribution in [0.5, 0.6) is 11.5 Å². The Bertz CT molecular complexity index is 668. The quantitative estimate of drug-likeness (QED) is 0.874. The van der Waals surface area contributed by atoms with E-state index in [9.17, 15) is 0 Å². The van der Waals surface area contributed by atoms with Gasteiger partial charge in [0, 0.05) is 6.07 Å². The van der Waals surface area contributed by atoms with E-state index in [1.54, 1.807) is 38.5 Å². The fourth-order valence-corrected chi connectivity index (χ4v) is 1.88. The standard InChI is InChI=1S/C14H12ClN3O2/c1-19-10-3-4-12(20-2)11(7-10)17-14-6-9(8-16)5-13(15)18-14/h3-7H,1-2H3,(H,17,18). The summed E-state index contributed by atoms with van der Waals surface area (Å²) in [7, 11) is 3.15. The lowest BCUT2D eigenvalue weighted by Gasteiger charge is -2.12. The smallest absolute Gasteiger partial charge is 0.142 e. The number of hydrogen-bond acceptors (Lipinski definition) is 5. The van der Waals surface area contributed by atoms with Crippen LogP contribution in [0, 0.1) is 11.3 Å². The summed E-state index contributed by atoms with van der Waals surface area (Å²) in [6, 6.07) is 10.5. The molecule has 0 amide bonds. The molecule has 0 fully saturated rings. The number of hydrogen-bond donors (Lipinski definition) is 1. The lowest BCUT2D eigenvalue weighted by molar-refractivity contribution is 0.405. The average molecular weight is 290 g/mol. The maximum absolute atomic E-state index is 8.93. The fourth-order valence-electron chi connectivity index (χ4n) is 1.68. The molecule has 102 valence electrons. The highest BCUT2D eigenvalue weighted by atomic mass is 35.5. The lowest BCUT2D eigenvalue weighted by Crippen LogP contribution is -1.98. The van der Waals surface area contributed by atoms with Gasteiger partial charge in [-0.15, -0.1) is 0 Å². The van der Waals surface area contributed by atoms with Crippen molar-refractivity contribution in [1.82, 2.24) is 4.98 Å². The number of rotatable bonds is 4. The van der Waals surface area contributed by atoms with E-state index in [4.69, 9.17) is 26.3 Å². The number of halogens is 1. The molecule has 20 heavy (non-hydrogen) atoms. The number of anilines is 2. The molecule has 5 nitrogen and oxygen atoms in total. The molecule has 0 aliphatic rings. The van der Waals surface area contributed by atoms with Gasteiger partial charge in [0.25, 0.3) is 0 Å². The van der Waals surface area contributed by atoms with Crippen LogP contribution in [0.15, 0.2) is 30.3 Å². The Morgan fingerprint density at radius 1 is 1.20 bits per heavy atom. The van der Waals surface area contributed by atoms with Crippen LogP contribution in [0.1, 0.15) is 5.56 Å². The molecule has 2 aromatic rings. The normalized spacial score (nSPS) is 9.70. The number of ether oxygens (including phenoxy) is 2. The summed E-state index contributed by atoms with van der Waals surface area (Å²) in [5, 5.41) is 12.2. The largest absolute Gasteiger partial charge is 0.497 e. The molecule has 0 aliphatic heterocycles. The van der Waals surface area contributed by atoms with Crippen LogP contribution >= 0.6 is 11.6 Å². The molecule has 0 radical (unpaired) electrons. The Morgan fingerprint density at radius 3 is 2.65 bits per heavy atom. The third-order valence-electron chi connectivity index (χ3n) is 2.59. The Morgan fingerprint density at radius 2 is 2.00 bits per heavy atom. The molecule has 0 spiro atoms. The van der Waals surface area contributed by atoms with Crippen LogP contribution in [0.2, 0.25) is 5.15 Å². The van der Waals surface area contributed by atoms with E-state index < -0.39 is 0 Å². The molecule has 1 aromatic heterocycles. The zero-order chi connectivity index (χ0) is 14.5. The van der Waals surface area contributed by atoms with Crippen LogP contribution in [0.25, 0.3) is 0 Å². The highest BCUT2D eigenvalue weighted by Crippen LogP contribution is 2.31. The van der Waals surface area contributed by atoms with Crippen LogP contribution in [-0.2, 0) is 0 Å². The van der Waals surface area contributed by atoms with Crippen molar-refractivity contribution in [3.05, 3.63) is 41.0 Å². The summed E-state index contributed by atoms with van der Waals surface area (Å²) in [4.78, 5) is 4.11. The first-order valence-electron chi connectivity index (χ1n) is 5.73. The minimum absolute atomic E-state index is 0.244. The second-order valence-corrected chi connectivity index (χ2v) is 4.25. The summed E-state index contributed by atoms with van der Waals surface area (Å²) in [6.07, 6.45) is 0. The molecule has 1 aromatic carbocycles. The van der Waals surface area contributed by atoms with E-state index in [0.717, 1.165) is 0 Å². The predicted molar refractivity (Wildman–Crippen MR) is 76.8 cm³/mol. The summed E-state index contributed by atoms with van der Waals surface area (Å²) in [5.41, 5.74) is 1.10. The average Bonchev–Trinajstić information content (AvgIpc) is 2.46. The van der Waals surface area contributed by atoms with Gasteiger partial charge in [0.15, 0.2) is 0 Å². The van der Waals surface area contributed by atoms with Gasteiger partial charge in [0.05, 0.1) is 31.5 Å². The van der Waals surface area contributed by atoms with E-state index >= 15 is 0 Å². The van der Waals surface area contributed by atoms with Crippen molar-refractivity contribution in [3.63, 3.8) is 0 Å².